The van der Waals surface area contributed by atoms with Crippen LogP contribution in [0.3, 0.4) is 0 Å². The molecule has 1 saturated carbocycles. The molecule has 3 N–H and O–H groups in total. The number of carbonyl (C=O) groups is 3. The molecule has 6 heteroatoms. The highest BCUT2D eigenvalue weighted by Gasteiger charge is 2.40. The number of carboxylic acids is 2. The summed E-state index contributed by atoms with van der Waals surface area (Å²) < 4.78 is 0. The van der Waals surface area contributed by atoms with Gasteiger partial charge < -0.3 is 15.5 Å². The number of carboxylic acid groups (broad SMARTS) is 2. The molecule has 18 heavy (non-hydrogen) atoms. The van der Waals surface area contributed by atoms with Crippen LogP contribution in [0.15, 0.2) is 0 Å². The van der Waals surface area contributed by atoms with E-state index >= 15 is 0 Å². The lowest BCUT2D eigenvalue weighted by molar-refractivity contribution is -0.148. The standard InChI is InChI=1S/C12H19NO5/c1-2-12(5-3-4-6-12)11(18)13-8(10(16)17)7-9(14)15/h8H,2-7H2,1H3,(H,13,18)(H,14,15)(H,16,17)/t8-/m1/s1. The topological polar surface area (TPSA) is 104 Å². The summed E-state index contributed by atoms with van der Waals surface area (Å²) in [5.74, 6) is -2.87. The summed E-state index contributed by atoms with van der Waals surface area (Å²) in [4.78, 5) is 33.6. The highest BCUT2D eigenvalue weighted by molar-refractivity contribution is 5.89. The summed E-state index contributed by atoms with van der Waals surface area (Å²) in [6, 6.07) is -1.35. The Balaban J connectivity index is 2.71. The van der Waals surface area contributed by atoms with E-state index in [1.165, 1.54) is 0 Å². The zero-order valence-corrected chi connectivity index (χ0v) is 10.4. The fourth-order valence-corrected chi connectivity index (χ4v) is 2.48. The first-order chi connectivity index (χ1) is 8.41. The van der Waals surface area contributed by atoms with E-state index in [1.54, 1.807) is 0 Å². The van der Waals surface area contributed by atoms with Crippen LogP contribution in [0.25, 0.3) is 0 Å². The number of aliphatic carboxylic acids is 2. The smallest absolute Gasteiger partial charge is 0.326 e. The van der Waals surface area contributed by atoms with Gasteiger partial charge in [0.1, 0.15) is 6.04 Å². The molecule has 0 saturated heterocycles. The molecule has 0 aromatic rings. The largest absolute Gasteiger partial charge is 0.481 e. The second-order valence-corrected chi connectivity index (χ2v) is 4.80. The maximum Gasteiger partial charge on any atom is 0.326 e. The Kier molecular flexibility index (Phi) is 4.69. The Morgan fingerprint density at radius 1 is 1.22 bits per heavy atom. The molecule has 1 rings (SSSR count). The van der Waals surface area contributed by atoms with Crippen molar-refractivity contribution in [2.75, 3.05) is 0 Å². The molecule has 0 radical (unpaired) electrons. The van der Waals surface area contributed by atoms with Crippen LogP contribution in [0.4, 0.5) is 0 Å². The molecule has 0 aliphatic heterocycles. The third-order valence-corrected chi connectivity index (χ3v) is 3.70. The first kappa shape index (κ1) is 14.5. The van der Waals surface area contributed by atoms with E-state index in [9.17, 15) is 14.4 Å². The van der Waals surface area contributed by atoms with Gasteiger partial charge in [-0.25, -0.2) is 4.79 Å². The summed E-state index contributed by atoms with van der Waals surface area (Å²) in [7, 11) is 0. The second kappa shape index (κ2) is 5.84. The van der Waals surface area contributed by atoms with E-state index in [2.05, 4.69) is 5.32 Å². The fraction of sp³-hybridized carbons (Fsp3) is 0.750. The van der Waals surface area contributed by atoms with Crippen molar-refractivity contribution in [3.05, 3.63) is 0 Å². The van der Waals surface area contributed by atoms with Crippen molar-refractivity contribution in [3.8, 4) is 0 Å². The first-order valence-electron chi connectivity index (χ1n) is 6.17. The molecular formula is C12H19NO5. The monoisotopic (exact) mass is 257 g/mol. The summed E-state index contributed by atoms with van der Waals surface area (Å²) in [6.07, 6.45) is 3.46. The number of amides is 1. The van der Waals surface area contributed by atoms with E-state index in [0.717, 1.165) is 25.7 Å². The van der Waals surface area contributed by atoms with Gasteiger partial charge >= 0.3 is 11.9 Å². The fourth-order valence-electron chi connectivity index (χ4n) is 2.48. The molecule has 0 unspecified atom stereocenters. The van der Waals surface area contributed by atoms with Crippen molar-refractivity contribution in [1.82, 2.24) is 5.32 Å². The molecule has 6 nitrogen and oxygen atoms in total. The van der Waals surface area contributed by atoms with Gasteiger partial charge in [0.15, 0.2) is 0 Å². The average molecular weight is 257 g/mol. The molecular weight excluding hydrogens is 238 g/mol. The molecule has 0 aromatic heterocycles. The van der Waals surface area contributed by atoms with E-state index in [4.69, 9.17) is 10.2 Å². The summed E-state index contributed by atoms with van der Waals surface area (Å²) in [5.41, 5.74) is -0.508. The van der Waals surface area contributed by atoms with Crippen LogP contribution in [-0.2, 0) is 14.4 Å². The van der Waals surface area contributed by atoms with E-state index in [1.807, 2.05) is 6.92 Å². The quantitative estimate of drug-likeness (QED) is 0.658. The van der Waals surface area contributed by atoms with E-state index in [0.29, 0.717) is 6.42 Å². The second-order valence-electron chi connectivity index (χ2n) is 4.80. The summed E-state index contributed by atoms with van der Waals surface area (Å²) in [5, 5.41) is 19.9. The summed E-state index contributed by atoms with van der Waals surface area (Å²) >= 11 is 0. The van der Waals surface area contributed by atoms with Crippen molar-refractivity contribution in [2.45, 2.75) is 51.5 Å². The molecule has 102 valence electrons. The van der Waals surface area contributed by atoms with Crippen LogP contribution in [0.1, 0.15) is 45.4 Å². The van der Waals surface area contributed by atoms with Gasteiger partial charge in [-0.15, -0.1) is 0 Å². The number of hydrogen-bond acceptors (Lipinski definition) is 3. The third-order valence-electron chi connectivity index (χ3n) is 3.70. The number of carbonyl (C=O) groups excluding carboxylic acids is 1. The average Bonchev–Trinajstić information content (AvgIpc) is 2.77. The van der Waals surface area contributed by atoms with Gasteiger partial charge in [-0.05, 0) is 19.3 Å². The number of hydrogen-bond donors (Lipinski definition) is 3. The Labute approximate surface area is 105 Å². The van der Waals surface area contributed by atoms with Gasteiger partial charge in [0.25, 0.3) is 0 Å². The first-order valence-corrected chi connectivity index (χ1v) is 6.17. The van der Waals surface area contributed by atoms with E-state index in [-0.39, 0.29) is 5.91 Å². The van der Waals surface area contributed by atoms with Crippen LogP contribution < -0.4 is 5.32 Å². The zero-order valence-electron chi connectivity index (χ0n) is 10.4. The Morgan fingerprint density at radius 3 is 2.17 bits per heavy atom. The van der Waals surface area contributed by atoms with Gasteiger partial charge in [-0.3, -0.25) is 9.59 Å². The van der Waals surface area contributed by atoms with E-state index < -0.39 is 29.8 Å². The van der Waals surface area contributed by atoms with Crippen molar-refractivity contribution in [1.29, 1.82) is 0 Å². The minimum absolute atomic E-state index is 0.323. The Bertz CT molecular complexity index is 346. The lowest BCUT2D eigenvalue weighted by Gasteiger charge is -2.27. The Hall–Kier alpha value is -1.59. The molecule has 1 fully saturated rings. The number of nitrogens with one attached hydrogen (secondary N) is 1. The van der Waals surface area contributed by atoms with Crippen molar-refractivity contribution in [3.63, 3.8) is 0 Å². The highest BCUT2D eigenvalue weighted by atomic mass is 16.4. The molecule has 0 heterocycles. The predicted molar refractivity (Wildman–Crippen MR) is 63.0 cm³/mol. The van der Waals surface area contributed by atoms with Gasteiger partial charge in [-0.1, -0.05) is 19.8 Å². The van der Waals surface area contributed by atoms with Gasteiger partial charge in [0.05, 0.1) is 6.42 Å². The minimum atomic E-state index is -1.35. The van der Waals surface area contributed by atoms with Crippen LogP contribution in [0.2, 0.25) is 0 Å². The van der Waals surface area contributed by atoms with Crippen molar-refractivity contribution < 1.29 is 24.6 Å². The van der Waals surface area contributed by atoms with Gasteiger partial charge in [0.2, 0.25) is 5.91 Å². The van der Waals surface area contributed by atoms with Crippen LogP contribution in [0, 0.1) is 5.41 Å². The molecule has 0 bridgehead atoms. The maximum atomic E-state index is 12.1. The van der Waals surface area contributed by atoms with Gasteiger partial charge in [-0.2, -0.15) is 0 Å². The maximum absolute atomic E-state index is 12.1. The van der Waals surface area contributed by atoms with Crippen LogP contribution in [-0.4, -0.2) is 34.1 Å². The molecule has 1 aliphatic carbocycles. The minimum Gasteiger partial charge on any atom is -0.481 e. The SMILES string of the molecule is CCC1(C(=O)N[C@H](CC(=O)O)C(=O)O)CCCC1. The lowest BCUT2D eigenvalue weighted by atomic mass is 9.82. The Morgan fingerprint density at radius 2 is 1.78 bits per heavy atom. The molecule has 1 amide bonds. The highest BCUT2D eigenvalue weighted by Crippen LogP contribution is 2.41. The predicted octanol–water partition coefficient (Wildman–Crippen LogP) is 1.00. The van der Waals surface area contributed by atoms with Crippen molar-refractivity contribution >= 4 is 17.8 Å². The molecule has 0 spiro atoms. The lowest BCUT2D eigenvalue weighted by Crippen LogP contribution is -2.48. The summed E-state index contributed by atoms with van der Waals surface area (Å²) in [6.45, 7) is 1.90. The normalized spacial score (nSPS) is 19.2. The molecule has 0 aromatic carbocycles. The van der Waals surface area contributed by atoms with Crippen LogP contribution >= 0.6 is 0 Å². The zero-order chi connectivity index (χ0) is 13.8. The van der Waals surface area contributed by atoms with Crippen LogP contribution in [0.5, 0.6) is 0 Å². The third kappa shape index (κ3) is 3.21. The molecule has 1 aliphatic rings. The van der Waals surface area contributed by atoms with Crippen molar-refractivity contribution in [2.24, 2.45) is 5.41 Å². The molecule has 1 atom stereocenters. The van der Waals surface area contributed by atoms with Gasteiger partial charge in [0, 0.05) is 5.41 Å². The number of rotatable bonds is 6.